The summed E-state index contributed by atoms with van der Waals surface area (Å²) in [5, 5.41) is 0. The Bertz CT molecular complexity index is 530. The predicted molar refractivity (Wildman–Crippen MR) is 81.3 cm³/mol. The molecule has 0 radical (unpaired) electrons. The van der Waals surface area contributed by atoms with Crippen molar-refractivity contribution in [2.24, 2.45) is 0 Å². The van der Waals surface area contributed by atoms with E-state index in [1.165, 1.54) is 0 Å². The maximum atomic E-state index is 12.4. The molecule has 5 heteroatoms. The Morgan fingerprint density at radius 3 is 2.50 bits per heavy atom. The van der Waals surface area contributed by atoms with Crippen LogP contribution in [0.2, 0.25) is 0 Å². The minimum absolute atomic E-state index is 0.0322. The summed E-state index contributed by atoms with van der Waals surface area (Å²) in [6, 6.07) is 7.33. The van der Waals surface area contributed by atoms with E-state index < -0.39 is 0 Å². The Hall–Kier alpha value is -1.55. The van der Waals surface area contributed by atoms with Crippen molar-refractivity contribution in [3.63, 3.8) is 0 Å². The quantitative estimate of drug-likeness (QED) is 0.787. The molecule has 108 valence electrons. The van der Waals surface area contributed by atoms with E-state index in [2.05, 4.69) is 0 Å². The van der Waals surface area contributed by atoms with E-state index >= 15 is 0 Å². The SMILES string of the molecule is CC(C)N1C(=O)C[C@@H](C)N(C(=O)CCl)c2ccccc21. The maximum Gasteiger partial charge on any atom is 0.242 e. The van der Waals surface area contributed by atoms with Gasteiger partial charge in [0.05, 0.1) is 11.4 Å². The molecule has 0 aromatic heterocycles. The largest absolute Gasteiger partial charge is 0.308 e. The topological polar surface area (TPSA) is 40.6 Å². The highest BCUT2D eigenvalue weighted by molar-refractivity contribution is 6.29. The fourth-order valence-electron chi connectivity index (χ4n) is 2.70. The predicted octanol–water partition coefficient (Wildman–Crippen LogP) is 2.79. The standard InChI is InChI=1S/C15H19ClN2O2/c1-10(2)17-12-6-4-5-7-13(12)18(15(20)9-16)11(3)8-14(17)19/h4-7,10-11H,8-9H2,1-3H3/t11-/m1/s1. The number of fused-ring (bicyclic) bond motifs is 1. The molecule has 1 aliphatic heterocycles. The zero-order valence-electron chi connectivity index (χ0n) is 12.0. The number of nitrogens with zero attached hydrogens (tertiary/aromatic N) is 2. The van der Waals surface area contributed by atoms with Crippen LogP contribution in [0.3, 0.4) is 0 Å². The summed E-state index contributed by atoms with van der Waals surface area (Å²) >= 11 is 5.72. The lowest BCUT2D eigenvalue weighted by Crippen LogP contribution is -2.40. The molecule has 2 amide bonds. The average Bonchev–Trinajstić information content (AvgIpc) is 2.50. The Kier molecular flexibility index (Phi) is 4.33. The Balaban J connectivity index is 2.60. The number of benzene rings is 1. The second-order valence-corrected chi connectivity index (χ2v) is 5.56. The molecule has 0 fully saturated rings. The number of anilines is 2. The van der Waals surface area contributed by atoms with Crippen LogP contribution in [0.25, 0.3) is 0 Å². The third kappa shape index (κ3) is 2.52. The second-order valence-electron chi connectivity index (χ2n) is 5.30. The lowest BCUT2D eigenvalue weighted by molar-refractivity contribution is -0.119. The first-order valence-electron chi connectivity index (χ1n) is 6.76. The monoisotopic (exact) mass is 294 g/mol. The summed E-state index contributed by atoms with van der Waals surface area (Å²) in [5.41, 5.74) is 1.53. The van der Waals surface area contributed by atoms with Gasteiger partial charge in [0.1, 0.15) is 5.88 Å². The molecule has 2 rings (SSSR count). The Labute approximate surface area is 124 Å². The smallest absolute Gasteiger partial charge is 0.242 e. The molecule has 0 saturated carbocycles. The normalized spacial score (nSPS) is 19.1. The molecule has 1 aromatic rings. The number of hydrogen-bond donors (Lipinski definition) is 0. The van der Waals surface area contributed by atoms with Crippen LogP contribution in [-0.4, -0.2) is 29.8 Å². The summed E-state index contributed by atoms with van der Waals surface area (Å²) in [5.74, 6) is -0.232. The van der Waals surface area contributed by atoms with E-state index in [0.29, 0.717) is 6.42 Å². The van der Waals surface area contributed by atoms with Gasteiger partial charge in [0, 0.05) is 18.5 Å². The van der Waals surface area contributed by atoms with Gasteiger partial charge in [-0.15, -0.1) is 11.6 Å². The van der Waals surface area contributed by atoms with Crippen LogP contribution in [0.4, 0.5) is 11.4 Å². The van der Waals surface area contributed by atoms with Crippen LogP contribution in [-0.2, 0) is 9.59 Å². The van der Waals surface area contributed by atoms with Gasteiger partial charge in [-0.25, -0.2) is 0 Å². The van der Waals surface area contributed by atoms with Crippen LogP contribution in [0, 0.1) is 0 Å². The van der Waals surface area contributed by atoms with Gasteiger partial charge in [0.2, 0.25) is 11.8 Å². The number of alkyl halides is 1. The molecule has 1 heterocycles. The molecule has 4 nitrogen and oxygen atoms in total. The van der Waals surface area contributed by atoms with E-state index in [1.807, 2.05) is 45.0 Å². The third-order valence-corrected chi connectivity index (χ3v) is 3.71. The Morgan fingerprint density at radius 2 is 1.95 bits per heavy atom. The van der Waals surface area contributed by atoms with Crippen molar-refractivity contribution < 1.29 is 9.59 Å². The van der Waals surface area contributed by atoms with Crippen LogP contribution in [0.5, 0.6) is 0 Å². The molecule has 1 aliphatic rings. The molecular weight excluding hydrogens is 276 g/mol. The number of halogens is 1. The highest BCUT2D eigenvalue weighted by Gasteiger charge is 2.34. The van der Waals surface area contributed by atoms with E-state index in [9.17, 15) is 9.59 Å². The van der Waals surface area contributed by atoms with Crippen molar-refractivity contribution in [2.45, 2.75) is 39.3 Å². The summed E-state index contributed by atoms with van der Waals surface area (Å²) in [6.07, 6.45) is 0.301. The maximum absolute atomic E-state index is 12.4. The van der Waals surface area contributed by atoms with Gasteiger partial charge < -0.3 is 9.80 Å². The highest BCUT2D eigenvalue weighted by atomic mass is 35.5. The first kappa shape index (κ1) is 14.9. The minimum atomic E-state index is -0.196. The molecule has 0 spiro atoms. The summed E-state index contributed by atoms with van der Waals surface area (Å²) in [4.78, 5) is 28.0. The van der Waals surface area contributed by atoms with E-state index in [0.717, 1.165) is 11.4 Å². The summed E-state index contributed by atoms with van der Waals surface area (Å²) in [6.45, 7) is 5.82. The van der Waals surface area contributed by atoms with Crippen LogP contribution in [0.1, 0.15) is 27.2 Å². The molecule has 1 aromatic carbocycles. The molecule has 0 saturated heterocycles. The lowest BCUT2D eigenvalue weighted by Gasteiger charge is -2.29. The fraction of sp³-hybridized carbons (Fsp3) is 0.467. The van der Waals surface area contributed by atoms with Crippen molar-refractivity contribution >= 4 is 34.8 Å². The number of carbonyl (C=O) groups is 2. The van der Waals surface area contributed by atoms with Gasteiger partial charge in [0.25, 0.3) is 0 Å². The van der Waals surface area contributed by atoms with Gasteiger partial charge in [-0.05, 0) is 32.9 Å². The highest BCUT2D eigenvalue weighted by Crippen LogP contribution is 2.36. The van der Waals surface area contributed by atoms with E-state index in [1.54, 1.807) is 9.80 Å². The van der Waals surface area contributed by atoms with Crippen molar-refractivity contribution in [1.29, 1.82) is 0 Å². The zero-order valence-corrected chi connectivity index (χ0v) is 12.7. The van der Waals surface area contributed by atoms with Crippen LogP contribution >= 0.6 is 11.6 Å². The van der Waals surface area contributed by atoms with Crippen molar-refractivity contribution in [1.82, 2.24) is 0 Å². The lowest BCUT2D eigenvalue weighted by atomic mass is 10.2. The van der Waals surface area contributed by atoms with Gasteiger partial charge >= 0.3 is 0 Å². The number of para-hydroxylation sites is 2. The second kappa shape index (κ2) is 5.83. The van der Waals surface area contributed by atoms with Crippen molar-refractivity contribution in [3.05, 3.63) is 24.3 Å². The molecule has 0 N–H and O–H groups in total. The van der Waals surface area contributed by atoms with E-state index in [4.69, 9.17) is 11.6 Å². The van der Waals surface area contributed by atoms with Gasteiger partial charge in [-0.1, -0.05) is 12.1 Å². The number of carbonyl (C=O) groups excluding carboxylic acids is 2. The fourth-order valence-corrected chi connectivity index (χ4v) is 2.83. The van der Waals surface area contributed by atoms with E-state index in [-0.39, 0.29) is 29.8 Å². The van der Waals surface area contributed by atoms with Crippen molar-refractivity contribution in [2.75, 3.05) is 15.7 Å². The molecule has 0 unspecified atom stereocenters. The van der Waals surface area contributed by atoms with Crippen LogP contribution in [0.15, 0.2) is 24.3 Å². The summed E-state index contributed by atoms with van der Waals surface area (Å²) < 4.78 is 0. The minimum Gasteiger partial charge on any atom is -0.308 e. The number of amides is 2. The molecular formula is C15H19ClN2O2. The zero-order chi connectivity index (χ0) is 14.9. The summed E-state index contributed by atoms with van der Waals surface area (Å²) in [7, 11) is 0. The first-order valence-corrected chi connectivity index (χ1v) is 7.30. The Morgan fingerprint density at radius 1 is 1.35 bits per heavy atom. The number of rotatable bonds is 2. The van der Waals surface area contributed by atoms with Gasteiger partial charge in [-0.2, -0.15) is 0 Å². The average molecular weight is 295 g/mol. The van der Waals surface area contributed by atoms with Gasteiger partial charge in [-0.3, -0.25) is 9.59 Å². The van der Waals surface area contributed by atoms with Gasteiger partial charge in [0.15, 0.2) is 0 Å². The molecule has 0 aliphatic carbocycles. The van der Waals surface area contributed by atoms with Crippen molar-refractivity contribution in [3.8, 4) is 0 Å². The molecule has 20 heavy (non-hydrogen) atoms. The molecule has 1 atom stereocenters. The third-order valence-electron chi connectivity index (χ3n) is 3.48. The first-order chi connectivity index (χ1) is 9.47. The van der Waals surface area contributed by atoms with Crippen LogP contribution < -0.4 is 9.80 Å². The number of hydrogen-bond acceptors (Lipinski definition) is 2. The molecule has 0 bridgehead atoms.